The number of hydrogen-bond acceptors (Lipinski definition) is 3. The van der Waals surface area contributed by atoms with E-state index in [0.29, 0.717) is 16.9 Å². The first-order chi connectivity index (χ1) is 11.5. The minimum Gasteiger partial charge on any atom is -0.497 e. The molecule has 0 N–H and O–H groups in total. The van der Waals surface area contributed by atoms with E-state index in [1.165, 1.54) is 7.11 Å². The normalized spacial score (nSPS) is 11.3. The van der Waals surface area contributed by atoms with Crippen molar-refractivity contribution in [1.29, 1.82) is 0 Å². The molecule has 3 aromatic rings. The third kappa shape index (κ3) is 3.37. The molecule has 6 heteroatoms. The fraction of sp³-hybridized carbons (Fsp3) is 0.111. The van der Waals surface area contributed by atoms with E-state index in [0.717, 1.165) is 6.07 Å². The van der Waals surface area contributed by atoms with Gasteiger partial charge in [-0.3, -0.25) is 0 Å². The molecule has 0 saturated heterocycles. The third-order valence-electron chi connectivity index (χ3n) is 3.43. The molecule has 0 fully saturated rings. The van der Waals surface area contributed by atoms with Crippen LogP contribution in [0.4, 0.5) is 13.2 Å². The Morgan fingerprint density at radius 3 is 2.08 bits per heavy atom. The van der Waals surface area contributed by atoms with Gasteiger partial charge in [0.2, 0.25) is 0 Å². The Kier molecular flexibility index (Phi) is 4.20. The van der Waals surface area contributed by atoms with Gasteiger partial charge in [0.05, 0.1) is 12.8 Å². The lowest BCUT2D eigenvalue weighted by atomic mass is 10.1. The van der Waals surface area contributed by atoms with Gasteiger partial charge < -0.3 is 4.74 Å². The zero-order chi connectivity index (χ0) is 17.2. The Labute approximate surface area is 136 Å². The number of halogens is 3. The first kappa shape index (κ1) is 16.0. The van der Waals surface area contributed by atoms with Crippen molar-refractivity contribution in [3.63, 3.8) is 0 Å². The van der Waals surface area contributed by atoms with E-state index in [1.807, 2.05) is 0 Å². The molecule has 0 spiro atoms. The summed E-state index contributed by atoms with van der Waals surface area (Å²) in [4.78, 5) is 7.97. The van der Waals surface area contributed by atoms with Crippen LogP contribution in [0.15, 0.2) is 60.7 Å². The van der Waals surface area contributed by atoms with Gasteiger partial charge in [-0.15, -0.1) is 0 Å². The van der Waals surface area contributed by atoms with Crippen LogP contribution >= 0.6 is 0 Å². The average molecular weight is 330 g/mol. The Bertz CT molecular complexity index is 831. The molecular formula is C18H13F3N2O. The molecule has 0 saturated carbocycles. The van der Waals surface area contributed by atoms with Crippen LogP contribution in [-0.2, 0) is 6.18 Å². The summed E-state index contributed by atoms with van der Waals surface area (Å²) in [5.41, 5.74) is 0.338. The first-order valence-electron chi connectivity index (χ1n) is 7.13. The molecule has 0 aliphatic heterocycles. The molecule has 0 radical (unpaired) electrons. The molecule has 1 aromatic heterocycles. The van der Waals surface area contributed by atoms with Crippen LogP contribution < -0.4 is 4.74 Å². The molecule has 0 unspecified atom stereocenters. The number of aromatic nitrogens is 2. The second-order valence-corrected chi connectivity index (χ2v) is 5.05. The monoisotopic (exact) mass is 330 g/mol. The lowest BCUT2D eigenvalue weighted by Gasteiger charge is -2.11. The summed E-state index contributed by atoms with van der Waals surface area (Å²) in [5.74, 6) is 0.625. The Balaban J connectivity index is 2.14. The fourth-order valence-electron chi connectivity index (χ4n) is 2.22. The van der Waals surface area contributed by atoms with E-state index in [9.17, 15) is 13.2 Å². The second-order valence-electron chi connectivity index (χ2n) is 5.05. The van der Waals surface area contributed by atoms with Crippen LogP contribution in [0.5, 0.6) is 5.75 Å². The number of hydrogen-bond donors (Lipinski definition) is 0. The second kappa shape index (κ2) is 6.31. The first-order valence-corrected chi connectivity index (χ1v) is 7.13. The molecule has 3 nitrogen and oxygen atoms in total. The van der Waals surface area contributed by atoms with Crippen molar-refractivity contribution in [2.24, 2.45) is 0 Å². The topological polar surface area (TPSA) is 35.0 Å². The largest absolute Gasteiger partial charge is 0.497 e. The van der Waals surface area contributed by atoms with Crippen molar-refractivity contribution < 1.29 is 17.9 Å². The number of alkyl halides is 3. The van der Waals surface area contributed by atoms with Crippen LogP contribution in [-0.4, -0.2) is 17.1 Å². The summed E-state index contributed by atoms with van der Waals surface area (Å²) in [6.07, 6.45) is -4.55. The number of methoxy groups -OCH3 is 1. The zero-order valence-corrected chi connectivity index (χ0v) is 12.7. The Hall–Kier alpha value is -2.89. The van der Waals surface area contributed by atoms with Crippen LogP contribution in [0.3, 0.4) is 0 Å². The SMILES string of the molecule is COc1ccc(-c2nc(-c3ccccc3)cc(C(F)(F)F)n2)cc1. The summed E-state index contributed by atoms with van der Waals surface area (Å²) < 4.78 is 44.6. The number of ether oxygens (including phenoxy) is 1. The van der Waals surface area contributed by atoms with Crippen molar-refractivity contribution >= 4 is 0 Å². The van der Waals surface area contributed by atoms with E-state index in [-0.39, 0.29) is 11.5 Å². The summed E-state index contributed by atoms with van der Waals surface area (Å²) in [6, 6.07) is 16.2. The van der Waals surface area contributed by atoms with Crippen molar-refractivity contribution in [2.75, 3.05) is 7.11 Å². The van der Waals surface area contributed by atoms with Crippen LogP contribution in [0.2, 0.25) is 0 Å². The number of rotatable bonds is 3. The summed E-state index contributed by atoms with van der Waals surface area (Å²) in [7, 11) is 1.52. The highest BCUT2D eigenvalue weighted by atomic mass is 19.4. The van der Waals surface area contributed by atoms with E-state index < -0.39 is 11.9 Å². The molecule has 0 bridgehead atoms. The zero-order valence-electron chi connectivity index (χ0n) is 12.7. The molecule has 0 atom stereocenters. The molecule has 0 amide bonds. The molecule has 24 heavy (non-hydrogen) atoms. The maximum absolute atomic E-state index is 13.2. The molecule has 0 aliphatic carbocycles. The van der Waals surface area contributed by atoms with Crippen molar-refractivity contribution in [3.05, 3.63) is 66.4 Å². The van der Waals surface area contributed by atoms with Crippen LogP contribution in [0.25, 0.3) is 22.6 Å². The molecule has 122 valence electrons. The molecule has 1 heterocycles. The standard InChI is InChI=1S/C18H13F3N2O/c1-24-14-9-7-13(8-10-14)17-22-15(12-5-3-2-4-6-12)11-16(23-17)18(19,20)21/h2-11H,1H3. The lowest BCUT2D eigenvalue weighted by molar-refractivity contribution is -0.141. The van der Waals surface area contributed by atoms with Gasteiger partial charge in [0, 0.05) is 11.1 Å². The van der Waals surface area contributed by atoms with Crippen LogP contribution in [0, 0.1) is 0 Å². The van der Waals surface area contributed by atoms with Gasteiger partial charge in [-0.25, -0.2) is 9.97 Å². The quantitative estimate of drug-likeness (QED) is 0.689. The van der Waals surface area contributed by atoms with E-state index in [4.69, 9.17) is 4.74 Å². The van der Waals surface area contributed by atoms with Crippen molar-refractivity contribution in [3.8, 4) is 28.4 Å². The molecule has 0 aliphatic rings. The lowest BCUT2D eigenvalue weighted by Crippen LogP contribution is -2.10. The highest BCUT2D eigenvalue weighted by Gasteiger charge is 2.33. The van der Waals surface area contributed by atoms with Crippen LogP contribution in [0.1, 0.15) is 5.69 Å². The minimum absolute atomic E-state index is 0.0198. The van der Waals surface area contributed by atoms with Gasteiger partial charge >= 0.3 is 6.18 Å². The van der Waals surface area contributed by atoms with E-state index in [1.54, 1.807) is 54.6 Å². The fourth-order valence-corrected chi connectivity index (χ4v) is 2.22. The van der Waals surface area contributed by atoms with Gasteiger partial charge in [0.25, 0.3) is 0 Å². The summed E-state index contributed by atoms with van der Waals surface area (Å²) in [6.45, 7) is 0. The Morgan fingerprint density at radius 1 is 0.833 bits per heavy atom. The predicted octanol–water partition coefficient (Wildman–Crippen LogP) is 4.84. The Morgan fingerprint density at radius 2 is 1.50 bits per heavy atom. The van der Waals surface area contributed by atoms with Crippen molar-refractivity contribution in [1.82, 2.24) is 9.97 Å². The third-order valence-corrected chi connectivity index (χ3v) is 3.43. The van der Waals surface area contributed by atoms with E-state index >= 15 is 0 Å². The van der Waals surface area contributed by atoms with Gasteiger partial charge in [0.15, 0.2) is 5.82 Å². The average Bonchev–Trinajstić information content (AvgIpc) is 2.61. The highest BCUT2D eigenvalue weighted by Crippen LogP contribution is 2.32. The summed E-state index contributed by atoms with van der Waals surface area (Å²) in [5, 5.41) is 0. The maximum atomic E-state index is 13.2. The number of nitrogens with zero attached hydrogens (tertiary/aromatic N) is 2. The number of benzene rings is 2. The van der Waals surface area contributed by atoms with E-state index in [2.05, 4.69) is 9.97 Å². The highest BCUT2D eigenvalue weighted by molar-refractivity contribution is 5.64. The predicted molar refractivity (Wildman–Crippen MR) is 84.5 cm³/mol. The molecule has 2 aromatic carbocycles. The van der Waals surface area contributed by atoms with Gasteiger partial charge in [0.1, 0.15) is 11.4 Å². The smallest absolute Gasteiger partial charge is 0.433 e. The van der Waals surface area contributed by atoms with Gasteiger partial charge in [-0.1, -0.05) is 30.3 Å². The minimum atomic E-state index is -4.55. The van der Waals surface area contributed by atoms with Crippen molar-refractivity contribution in [2.45, 2.75) is 6.18 Å². The molecular weight excluding hydrogens is 317 g/mol. The van der Waals surface area contributed by atoms with Gasteiger partial charge in [-0.05, 0) is 30.3 Å². The maximum Gasteiger partial charge on any atom is 0.433 e. The summed E-state index contributed by atoms with van der Waals surface area (Å²) >= 11 is 0. The molecule has 3 rings (SSSR count). The van der Waals surface area contributed by atoms with Gasteiger partial charge in [-0.2, -0.15) is 13.2 Å².